The summed E-state index contributed by atoms with van der Waals surface area (Å²) in [6, 6.07) is 17.9. The van der Waals surface area contributed by atoms with Crippen molar-refractivity contribution >= 4 is 12.1 Å². The van der Waals surface area contributed by atoms with Crippen LogP contribution in [0.4, 0.5) is 0 Å². The minimum Gasteiger partial charge on any atom is -0.369 e. The summed E-state index contributed by atoms with van der Waals surface area (Å²) in [5.74, 6) is -0.282. The van der Waals surface area contributed by atoms with E-state index in [9.17, 15) is 9.59 Å². The number of benzene rings is 2. The summed E-state index contributed by atoms with van der Waals surface area (Å²) in [4.78, 5) is 24.4. The van der Waals surface area contributed by atoms with Gasteiger partial charge in [-0.3, -0.25) is 10.1 Å². The standard InChI is InChI=1S/C22H28N2O4/c1-27-21(20(26)19(23)14-17-11-7-4-8-12-17)22(28-2)24-18(15-25)13-16-9-5-3-6-10-16/h3-12,15,18-19,21-22,24H,13-14,23H2,1-2H3. The Kier molecular flexibility index (Phi) is 8.97. The van der Waals surface area contributed by atoms with Gasteiger partial charge in [0.2, 0.25) is 0 Å². The number of rotatable bonds is 12. The quantitative estimate of drug-likeness (QED) is 0.426. The zero-order valence-corrected chi connectivity index (χ0v) is 16.3. The third kappa shape index (κ3) is 6.35. The van der Waals surface area contributed by atoms with Crippen molar-refractivity contribution in [3.63, 3.8) is 0 Å². The molecule has 6 heteroatoms. The minimum absolute atomic E-state index is 0.282. The lowest BCUT2D eigenvalue weighted by molar-refractivity contribution is -0.142. The van der Waals surface area contributed by atoms with Crippen LogP contribution in [0.3, 0.4) is 0 Å². The van der Waals surface area contributed by atoms with Crippen LogP contribution in [0.1, 0.15) is 11.1 Å². The van der Waals surface area contributed by atoms with Crippen molar-refractivity contribution < 1.29 is 19.1 Å². The minimum atomic E-state index is -0.929. The summed E-state index contributed by atoms with van der Waals surface area (Å²) in [6.45, 7) is 0. The predicted molar refractivity (Wildman–Crippen MR) is 108 cm³/mol. The fourth-order valence-electron chi connectivity index (χ4n) is 3.07. The van der Waals surface area contributed by atoms with Gasteiger partial charge in [0.25, 0.3) is 0 Å². The lowest BCUT2D eigenvalue weighted by Crippen LogP contribution is -2.55. The number of ketones is 1. The molecule has 2 rings (SSSR count). The van der Waals surface area contributed by atoms with Gasteiger partial charge in [-0.15, -0.1) is 0 Å². The molecule has 28 heavy (non-hydrogen) atoms. The summed E-state index contributed by atoms with van der Waals surface area (Å²) in [5, 5.41) is 3.06. The highest BCUT2D eigenvalue weighted by Gasteiger charge is 2.33. The fourth-order valence-corrected chi connectivity index (χ4v) is 3.07. The molecule has 0 bridgehead atoms. The van der Waals surface area contributed by atoms with E-state index >= 15 is 0 Å². The van der Waals surface area contributed by atoms with E-state index in [-0.39, 0.29) is 5.78 Å². The number of carbonyl (C=O) groups is 2. The molecular formula is C22H28N2O4. The van der Waals surface area contributed by atoms with Gasteiger partial charge in [0, 0.05) is 14.2 Å². The number of Topliss-reactive ketones (excluding diaryl/α,β-unsaturated/α-hetero) is 1. The van der Waals surface area contributed by atoms with Crippen molar-refractivity contribution in [2.45, 2.75) is 37.3 Å². The van der Waals surface area contributed by atoms with Gasteiger partial charge in [-0.25, -0.2) is 0 Å². The molecule has 2 aromatic carbocycles. The first-order valence-electron chi connectivity index (χ1n) is 9.23. The van der Waals surface area contributed by atoms with Crippen LogP contribution in [0.25, 0.3) is 0 Å². The first-order chi connectivity index (χ1) is 13.6. The van der Waals surface area contributed by atoms with Gasteiger partial charge in [-0.2, -0.15) is 0 Å². The molecule has 0 spiro atoms. The van der Waals surface area contributed by atoms with Crippen LogP contribution < -0.4 is 11.1 Å². The van der Waals surface area contributed by atoms with E-state index in [1.165, 1.54) is 14.2 Å². The van der Waals surface area contributed by atoms with Crippen LogP contribution in [0.2, 0.25) is 0 Å². The van der Waals surface area contributed by atoms with Gasteiger partial charge >= 0.3 is 0 Å². The van der Waals surface area contributed by atoms with Crippen molar-refractivity contribution in [3.8, 4) is 0 Å². The Hall–Kier alpha value is -2.38. The molecule has 6 nitrogen and oxygen atoms in total. The van der Waals surface area contributed by atoms with Crippen LogP contribution in [0.5, 0.6) is 0 Å². The van der Waals surface area contributed by atoms with E-state index in [1.54, 1.807) is 0 Å². The third-order valence-electron chi connectivity index (χ3n) is 4.57. The molecule has 0 heterocycles. The predicted octanol–water partition coefficient (Wildman–Crippen LogP) is 1.51. The smallest absolute Gasteiger partial charge is 0.182 e. The summed E-state index contributed by atoms with van der Waals surface area (Å²) in [7, 11) is 2.89. The normalized spacial score (nSPS) is 15.4. The number of aldehydes is 1. The van der Waals surface area contributed by atoms with Gasteiger partial charge in [0.1, 0.15) is 12.5 Å². The highest BCUT2D eigenvalue weighted by molar-refractivity contribution is 5.89. The second kappa shape index (κ2) is 11.5. The average molecular weight is 384 g/mol. The highest BCUT2D eigenvalue weighted by Crippen LogP contribution is 2.10. The Balaban J connectivity index is 2.03. The van der Waals surface area contributed by atoms with Crippen molar-refractivity contribution in [3.05, 3.63) is 71.8 Å². The number of carbonyl (C=O) groups excluding carboxylic acids is 2. The fraction of sp³-hybridized carbons (Fsp3) is 0.364. The third-order valence-corrected chi connectivity index (χ3v) is 4.57. The first-order valence-corrected chi connectivity index (χ1v) is 9.23. The maximum atomic E-state index is 12.8. The lowest BCUT2D eigenvalue weighted by Gasteiger charge is -2.29. The molecule has 4 unspecified atom stereocenters. The van der Waals surface area contributed by atoms with Crippen molar-refractivity contribution in [1.29, 1.82) is 0 Å². The topological polar surface area (TPSA) is 90.6 Å². The second-order valence-corrected chi connectivity index (χ2v) is 6.61. The van der Waals surface area contributed by atoms with E-state index < -0.39 is 24.4 Å². The SMILES string of the molecule is COC(NC(C=O)Cc1ccccc1)C(OC)C(=O)C(N)Cc1ccccc1. The van der Waals surface area contributed by atoms with E-state index in [0.717, 1.165) is 17.4 Å². The van der Waals surface area contributed by atoms with Gasteiger partial charge in [0.15, 0.2) is 11.9 Å². The van der Waals surface area contributed by atoms with Gasteiger partial charge in [-0.05, 0) is 24.0 Å². The number of hydrogen-bond donors (Lipinski definition) is 2. The molecule has 0 amide bonds. The Morgan fingerprint density at radius 3 is 1.96 bits per heavy atom. The number of methoxy groups -OCH3 is 2. The zero-order chi connectivity index (χ0) is 20.4. The molecule has 0 saturated carbocycles. The Morgan fingerprint density at radius 2 is 1.50 bits per heavy atom. The van der Waals surface area contributed by atoms with Crippen molar-refractivity contribution in [2.24, 2.45) is 5.73 Å². The van der Waals surface area contributed by atoms with Crippen LogP contribution >= 0.6 is 0 Å². The molecule has 0 aliphatic carbocycles. The highest BCUT2D eigenvalue weighted by atomic mass is 16.5. The first kappa shape index (κ1) is 21.9. The molecule has 3 N–H and O–H groups in total. The Bertz CT molecular complexity index is 724. The van der Waals surface area contributed by atoms with Gasteiger partial charge in [0.05, 0.1) is 12.1 Å². The lowest BCUT2D eigenvalue weighted by atomic mass is 9.98. The van der Waals surface area contributed by atoms with E-state index in [1.807, 2.05) is 60.7 Å². The number of hydrogen-bond acceptors (Lipinski definition) is 6. The van der Waals surface area contributed by atoms with E-state index in [0.29, 0.717) is 12.8 Å². The van der Waals surface area contributed by atoms with E-state index in [2.05, 4.69) is 5.32 Å². The molecule has 150 valence electrons. The van der Waals surface area contributed by atoms with E-state index in [4.69, 9.17) is 15.2 Å². The summed E-state index contributed by atoms with van der Waals surface area (Å²) >= 11 is 0. The second-order valence-electron chi connectivity index (χ2n) is 6.61. The zero-order valence-electron chi connectivity index (χ0n) is 16.3. The molecule has 0 saturated heterocycles. The number of ether oxygens (including phenoxy) is 2. The van der Waals surface area contributed by atoms with Crippen molar-refractivity contribution in [2.75, 3.05) is 14.2 Å². The molecule has 0 aliphatic heterocycles. The van der Waals surface area contributed by atoms with Crippen LogP contribution in [0, 0.1) is 0 Å². The monoisotopic (exact) mass is 384 g/mol. The van der Waals surface area contributed by atoms with Crippen LogP contribution in [-0.2, 0) is 31.9 Å². The maximum Gasteiger partial charge on any atom is 0.182 e. The molecule has 0 radical (unpaired) electrons. The summed E-state index contributed by atoms with van der Waals surface area (Å²) in [6.07, 6.45) is -0.0394. The molecule has 0 fully saturated rings. The van der Waals surface area contributed by atoms with Crippen LogP contribution in [-0.4, -0.2) is 50.7 Å². The molecule has 0 aromatic heterocycles. The molecule has 4 atom stereocenters. The summed E-state index contributed by atoms with van der Waals surface area (Å²) in [5.41, 5.74) is 8.09. The average Bonchev–Trinajstić information content (AvgIpc) is 2.74. The van der Waals surface area contributed by atoms with Crippen LogP contribution in [0.15, 0.2) is 60.7 Å². The number of nitrogens with two attached hydrogens (primary N) is 1. The molecular weight excluding hydrogens is 356 g/mol. The molecule has 0 aliphatic rings. The van der Waals surface area contributed by atoms with Gasteiger partial charge in [-0.1, -0.05) is 60.7 Å². The molecule has 2 aromatic rings. The number of nitrogens with one attached hydrogen (secondary N) is 1. The maximum absolute atomic E-state index is 12.8. The van der Waals surface area contributed by atoms with Crippen molar-refractivity contribution in [1.82, 2.24) is 5.32 Å². The van der Waals surface area contributed by atoms with Gasteiger partial charge < -0.3 is 20.0 Å². The summed E-state index contributed by atoms with van der Waals surface area (Å²) < 4.78 is 10.8. The largest absolute Gasteiger partial charge is 0.369 e. The Morgan fingerprint density at radius 1 is 0.964 bits per heavy atom. The Labute approximate surface area is 166 Å².